The van der Waals surface area contributed by atoms with Gasteiger partial charge in [0.1, 0.15) is 11.0 Å². The van der Waals surface area contributed by atoms with Gasteiger partial charge >= 0.3 is 0 Å². The van der Waals surface area contributed by atoms with E-state index >= 15 is 0 Å². The van der Waals surface area contributed by atoms with Crippen LogP contribution in [0, 0.1) is 0 Å². The molecular formula is C14H22ClN3O2. The number of rotatable bonds is 9. The van der Waals surface area contributed by atoms with Crippen LogP contribution in [0.4, 0.5) is 5.82 Å². The van der Waals surface area contributed by atoms with Crippen molar-refractivity contribution in [3.05, 3.63) is 22.8 Å². The third-order valence-corrected chi connectivity index (χ3v) is 2.78. The van der Waals surface area contributed by atoms with Crippen LogP contribution in [-0.4, -0.2) is 37.2 Å². The molecule has 0 unspecified atom stereocenters. The highest BCUT2D eigenvalue weighted by Crippen LogP contribution is 2.14. The summed E-state index contributed by atoms with van der Waals surface area (Å²) in [4.78, 5) is 16.0. The second-order valence-electron chi connectivity index (χ2n) is 4.32. The highest BCUT2D eigenvalue weighted by molar-refractivity contribution is 6.29. The lowest BCUT2D eigenvalue weighted by Crippen LogP contribution is -2.27. The Labute approximate surface area is 125 Å². The van der Waals surface area contributed by atoms with Crippen LogP contribution in [0.5, 0.6) is 0 Å². The molecule has 1 heterocycles. The summed E-state index contributed by atoms with van der Waals surface area (Å²) in [7, 11) is 0. The first kappa shape index (κ1) is 16.7. The number of ether oxygens (including phenoxy) is 1. The number of aromatic nitrogens is 1. The van der Waals surface area contributed by atoms with Crippen LogP contribution in [0.3, 0.4) is 0 Å². The number of carbonyl (C=O) groups is 1. The van der Waals surface area contributed by atoms with Crippen molar-refractivity contribution < 1.29 is 9.53 Å². The van der Waals surface area contributed by atoms with Gasteiger partial charge in [0.25, 0.3) is 5.91 Å². The molecule has 0 aliphatic carbocycles. The van der Waals surface area contributed by atoms with Crippen molar-refractivity contribution in [1.82, 2.24) is 10.3 Å². The van der Waals surface area contributed by atoms with Crippen LogP contribution < -0.4 is 10.6 Å². The average Bonchev–Trinajstić information content (AvgIpc) is 2.42. The summed E-state index contributed by atoms with van der Waals surface area (Å²) < 4.78 is 5.38. The molecule has 0 bridgehead atoms. The van der Waals surface area contributed by atoms with E-state index in [0.29, 0.717) is 29.7 Å². The number of nitrogens with zero attached hydrogens (tertiary/aromatic N) is 1. The number of hydrogen-bond acceptors (Lipinski definition) is 4. The van der Waals surface area contributed by atoms with Gasteiger partial charge in [0.2, 0.25) is 0 Å². The van der Waals surface area contributed by atoms with E-state index in [1.165, 1.54) is 0 Å². The highest BCUT2D eigenvalue weighted by Gasteiger charge is 2.08. The number of amides is 1. The number of carbonyl (C=O) groups excluding carboxylic acids is 1. The molecule has 0 fully saturated rings. The minimum absolute atomic E-state index is 0.174. The lowest BCUT2D eigenvalue weighted by atomic mass is 10.2. The van der Waals surface area contributed by atoms with E-state index in [9.17, 15) is 4.79 Å². The van der Waals surface area contributed by atoms with Gasteiger partial charge in [-0.25, -0.2) is 4.98 Å². The van der Waals surface area contributed by atoms with Gasteiger partial charge in [-0.2, -0.15) is 0 Å². The molecular weight excluding hydrogens is 278 g/mol. The van der Waals surface area contributed by atoms with E-state index < -0.39 is 0 Å². The Bertz CT molecular complexity index is 427. The Kier molecular flexibility index (Phi) is 7.99. The first-order valence-electron chi connectivity index (χ1n) is 6.94. The molecule has 112 valence electrons. The summed E-state index contributed by atoms with van der Waals surface area (Å²) in [6, 6.07) is 3.23. The van der Waals surface area contributed by atoms with E-state index in [0.717, 1.165) is 26.0 Å². The van der Waals surface area contributed by atoms with Gasteiger partial charge < -0.3 is 15.4 Å². The summed E-state index contributed by atoms with van der Waals surface area (Å²) in [6.07, 6.45) is 2.15. The zero-order valence-corrected chi connectivity index (χ0v) is 12.8. The Hall–Kier alpha value is -1.33. The first-order valence-corrected chi connectivity index (χ1v) is 7.32. The van der Waals surface area contributed by atoms with Gasteiger partial charge in [-0.15, -0.1) is 0 Å². The number of anilines is 1. The van der Waals surface area contributed by atoms with Gasteiger partial charge in [-0.05, 0) is 25.5 Å². The Morgan fingerprint density at radius 1 is 1.35 bits per heavy atom. The molecule has 0 radical (unpaired) electrons. The summed E-state index contributed by atoms with van der Waals surface area (Å²) >= 11 is 5.89. The molecule has 20 heavy (non-hydrogen) atoms. The Balaban J connectivity index is 2.42. The average molecular weight is 300 g/mol. The van der Waals surface area contributed by atoms with Gasteiger partial charge in [0, 0.05) is 25.3 Å². The first-order chi connectivity index (χ1) is 9.67. The molecule has 0 aromatic carbocycles. The summed E-state index contributed by atoms with van der Waals surface area (Å²) in [5.41, 5.74) is 0.495. The molecule has 1 aromatic rings. The van der Waals surface area contributed by atoms with Gasteiger partial charge in [-0.1, -0.05) is 24.9 Å². The molecule has 0 saturated carbocycles. The van der Waals surface area contributed by atoms with E-state index in [-0.39, 0.29) is 5.91 Å². The molecule has 0 atom stereocenters. The second-order valence-corrected chi connectivity index (χ2v) is 4.70. The minimum atomic E-state index is -0.174. The minimum Gasteiger partial charge on any atom is -0.380 e. The largest absolute Gasteiger partial charge is 0.380 e. The number of unbranched alkanes of at least 4 members (excludes halogenated alkanes) is 1. The number of nitrogens with one attached hydrogen (secondary N) is 2. The molecule has 0 aliphatic heterocycles. The Morgan fingerprint density at radius 3 is 2.85 bits per heavy atom. The second kappa shape index (κ2) is 9.55. The maximum absolute atomic E-state index is 12.0. The number of halogens is 1. The SMILES string of the molecule is CCCCOCCNC(=O)c1cc(Cl)nc(NCC)c1. The highest BCUT2D eigenvalue weighted by atomic mass is 35.5. The van der Waals surface area contributed by atoms with Gasteiger partial charge in [0.05, 0.1) is 6.61 Å². The molecule has 0 saturated heterocycles. The molecule has 6 heteroatoms. The third kappa shape index (κ3) is 6.21. The molecule has 5 nitrogen and oxygen atoms in total. The van der Waals surface area contributed by atoms with Crippen LogP contribution >= 0.6 is 11.6 Å². The standard InChI is InChI=1S/C14H22ClN3O2/c1-3-5-7-20-8-6-17-14(19)11-9-12(15)18-13(10-11)16-4-2/h9-10H,3-8H2,1-2H3,(H,16,18)(H,17,19). The van der Waals surface area contributed by atoms with E-state index in [1.807, 2.05) is 6.92 Å². The predicted molar refractivity (Wildman–Crippen MR) is 81.5 cm³/mol. The predicted octanol–water partition coefficient (Wildman–Crippen LogP) is 2.71. The molecule has 0 aliphatic rings. The van der Waals surface area contributed by atoms with Crippen LogP contribution in [0.1, 0.15) is 37.0 Å². The topological polar surface area (TPSA) is 63.2 Å². The fraction of sp³-hybridized carbons (Fsp3) is 0.571. The maximum atomic E-state index is 12.0. The summed E-state index contributed by atoms with van der Waals surface area (Å²) in [6.45, 7) is 6.53. The van der Waals surface area contributed by atoms with Crippen LogP contribution in [0.25, 0.3) is 0 Å². The van der Waals surface area contributed by atoms with Crippen molar-refractivity contribution in [2.24, 2.45) is 0 Å². The maximum Gasteiger partial charge on any atom is 0.251 e. The van der Waals surface area contributed by atoms with Gasteiger partial charge in [-0.3, -0.25) is 4.79 Å². The normalized spacial score (nSPS) is 10.3. The van der Waals surface area contributed by atoms with Crippen molar-refractivity contribution in [3.63, 3.8) is 0 Å². The van der Waals surface area contributed by atoms with Crippen LogP contribution in [0.15, 0.2) is 12.1 Å². The lowest BCUT2D eigenvalue weighted by molar-refractivity contribution is 0.0912. The summed E-state index contributed by atoms with van der Waals surface area (Å²) in [5.74, 6) is 0.428. The number of hydrogen-bond donors (Lipinski definition) is 2. The van der Waals surface area contributed by atoms with E-state index in [2.05, 4.69) is 22.5 Å². The van der Waals surface area contributed by atoms with E-state index in [4.69, 9.17) is 16.3 Å². The smallest absolute Gasteiger partial charge is 0.251 e. The number of pyridine rings is 1. The molecule has 0 spiro atoms. The third-order valence-electron chi connectivity index (χ3n) is 2.59. The molecule has 2 N–H and O–H groups in total. The zero-order valence-electron chi connectivity index (χ0n) is 12.0. The van der Waals surface area contributed by atoms with E-state index in [1.54, 1.807) is 12.1 Å². The fourth-order valence-corrected chi connectivity index (χ4v) is 1.80. The zero-order chi connectivity index (χ0) is 14.8. The van der Waals surface area contributed by atoms with Gasteiger partial charge in [0.15, 0.2) is 0 Å². The monoisotopic (exact) mass is 299 g/mol. The van der Waals surface area contributed by atoms with Crippen LogP contribution in [-0.2, 0) is 4.74 Å². The van der Waals surface area contributed by atoms with Crippen molar-refractivity contribution in [3.8, 4) is 0 Å². The van der Waals surface area contributed by atoms with Crippen molar-refractivity contribution >= 4 is 23.3 Å². The lowest BCUT2D eigenvalue weighted by Gasteiger charge is -2.08. The Morgan fingerprint density at radius 2 is 2.15 bits per heavy atom. The fourth-order valence-electron chi connectivity index (χ4n) is 1.59. The quantitative estimate of drug-likeness (QED) is 0.543. The molecule has 1 rings (SSSR count). The van der Waals surface area contributed by atoms with Crippen LogP contribution in [0.2, 0.25) is 5.15 Å². The molecule has 1 aromatic heterocycles. The van der Waals surface area contributed by atoms with Crippen molar-refractivity contribution in [2.45, 2.75) is 26.7 Å². The summed E-state index contributed by atoms with van der Waals surface area (Å²) in [5, 5.41) is 6.13. The van der Waals surface area contributed by atoms with Crippen molar-refractivity contribution in [2.75, 3.05) is 31.6 Å². The molecule has 1 amide bonds. The van der Waals surface area contributed by atoms with Crippen molar-refractivity contribution in [1.29, 1.82) is 0 Å².